The molecule has 0 atom stereocenters. The van der Waals surface area contributed by atoms with Crippen molar-refractivity contribution in [2.45, 2.75) is 20.4 Å². The van der Waals surface area contributed by atoms with E-state index in [9.17, 15) is 14.7 Å². The molecule has 0 saturated heterocycles. The lowest BCUT2D eigenvalue weighted by molar-refractivity contribution is -0.145. The molecule has 0 unspecified atom stereocenters. The highest BCUT2D eigenvalue weighted by Gasteiger charge is 2.27. The van der Waals surface area contributed by atoms with Gasteiger partial charge in [0.2, 0.25) is 0 Å². The number of aliphatic hydroxyl groups excluding tert-OH is 1. The van der Waals surface area contributed by atoms with E-state index in [0.717, 1.165) is 11.1 Å². The molecule has 132 valence electrons. The molecule has 0 aliphatic carbocycles. The Morgan fingerprint density at radius 1 is 1.00 bits per heavy atom. The monoisotopic (exact) mass is 340 g/mol. The molecule has 0 radical (unpaired) electrons. The average Bonchev–Trinajstić information content (AvgIpc) is 2.62. The first-order valence-electron chi connectivity index (χ1n) is 8.39. The number of carbonyl (C=O) groups excluding carboxylic acids is 2. The minimum Gasteiger partial charge on any atom is -0.395 e. The summed E-state index contributed by atoms with van der Waals surface area (Å²) in [4.78, 5) is 28.3. The van der Waals surface area contributed by atoms with Gasteiger partial charge in [-0.3, -0.25) is 9.59 Å². The number of aryl methyl sites for hydroxylation is 1. The van der Waals surface area contributed by atoms with Crippen molar-refractivity contribution in [1.29, 1.82) is 0 Å². The number of benzene rings is 2. The second kappa shape index (κ2) is 8.99. The molecule has 2 amide bonds. The van der Waals surface area contributed by atoms with E-state index in [0.29, 0.717) is 12.2 Å². The molecule has 0 fully saturated rings. The first kappa shape index (κ1) is 18.7. The van der Waals surface area contributed by atoms with Gasteiger partial charge in [0.25, 0.3) is 0 Å². The molecule has 2 rings (SSSR count). The van der Waals surface area contributed by atoms with Gasteiger partial charge in [-0.25, -0.2) is 0 Å². The van der Waals surface area contributed by atoms with Crippen LogP contribution in [-0.4, -0.2) is 41.5 Å². The summed E-state index contributed by atoms with van der Waals surface area (Å²) in [5, 5.41) is 9.28. The minimum atomic E-state index is -0.610. The zero-order chi connectivity index (χ0) is 18.2. The van der Waals surface area contributed by atoms with Crippen LogP contribution in [-0.2, 0) is 16.1 Å². The molecule has 0 spiro atoms. The van der Waals surface area contributed by atoms with E-state index in [1.54, 1.807) is 0 Å². The molecule has 25 heavy (non-hydrogen) atoms. The van der Waals surface area contributed by atoms with Crippen molar-refractivity contribution >= 4 is 17.5 Å². The number of amides is 2. The molecule has 5 heteroatoms. The van der Waals surface area contributed by atoms with E-state index in [1.807, 2.05) is 68.4 Å². The maximum absolute atomic E-state index is 12.7. The topological polar surface area (TPSA) is 60.9 Å². The van der Waals surface area contributed by atoms with Crippen molar-refractivity contribution in [2.75, 3.05) is 24.6 Å². The normalized spacial score (nSPS) is 10.4. The van der Waals surface area contributed by atoms with Gasteiger partial charge in [0.1, 0.15) is 0 Å². The Hall–Kier alpha value is -2.66. The van der Waals surface area contributed by atoms with E-state index >= 15 is 0 Å². The number of nitrogens with zero attached hydrogens (tertiary/aromatic N) is 2. The summed E-state index contributed by atoms with van der Waals surface area (Å²) < 4.78 is 0. The highest BCUT2D eigenvalue weighted by atomic mass is 16.3. The molecule has 2 aromatic rings. The van der Waals surface area contributed by atoms with Crippen molar-refractivity contribution in [3.8, 4) is 0 Å². The molecule has 0 aliphatic heterocycles. The quantitative estimate of drug-likeness (QED) is 0.821. The number of hydrogen-bond donors (Lipinski definition) is 1. The lowest BCUT2D eigenvalue weighted by Gasteiger charge is -2.26. The Morgan fingerprint density at radius 2 is 1.72 bits per heavy atom. The number of likely N-dealkylation sites (N-methyl/N-ethyl adjacent to an activating group) is 1. The number of carbonyl (C=O) groups is 2. The Labute approximate surface area is 148 Å². The van der Waals surface area contributed by atoms with Crippen LogP contribution in [0.25, 0.3) is 0 Å². The van der Waals surface area contributed by atoms with Crippen molar-refractivity contribution in [3.63, 3.8) is 0 Å². The number of anilines is 1. The Morgan fingerprint density at radius 3 is 2.32 bits per heavy atom. The fourth-order valence-electron chi connectivity index (χ4n) is 2.67. The summed E-state index contributed by atoms with van der Waals surface area (Å²) in [6, 6.07) is 16.9. The van der Waals surface area contributed by atoms with E-state index in [-0.39, 0.29) is 19.7 Å². The summed E-state index contributed by atoms with van der Waals surface area (Å²) >= 11 is 0. The van der Waals surface area contributed by atoms with Gasteiger partial charge in [-0.05, 0) is 37.1 Å². The van der Waals surface area contributed by atoms with Gasteiger partial charge in [-0.1, -0.05) is 42.5 Å². The standard InChI is InChI=1S/C20H24N2O3/c1-3-22(18-11-7-8-16(2)14-18)20(25)19(24)21(12-13-23)15-17-9-5-4-6-10-17/h4-11,14,23H,3,12-13,15H2,1-2H3. The third-order valence-corrected chi connectivity index (χ3v) is 3.93. The molecule has 5 nitrogen and oxygen atoms in total. The molecule has 0 aliphatic rings. The maximum atomic E-state index is 12.7. The largest absolute Gasteiger partial charge is 0.395 e. The molecule has 2 aromatic carbocycles. The van der Waals surface area contributed by atoms with Crippen LogP contribution in [0.1, 0.15) is 18.1 Å². The van der Waals surface area contributed by atoms with Gasteiger partial charge in [0.05, 0.1) is 6.61 Å². The predicted octanol–water partition coefficient (Wildman–Crippen LogP) is 2.37. The highest BCUT2D eigenvalue weighted by molar-refractivity contribution is 6.40. The maximum Gasteiger partial charge on any atom is 0.316 e. The summed E-state index contributed by atoms with van der Waals surface area (Å²) in [5.74, 6) is -1.20. The second-order valence-corrected chi connectivity index (χ2v) is 5.82. The van der Waals surface area contributed by atoms with Gasteiger partial charge in [-0.2, -0.15) is 0 Å². The minimum absolute atomic E-state index is 0.116. The van der Waals surface area contributed by atoms with E-state index < -0.39 is 11.8 Å². The summed E-state index contributed by atoms with van der Waals surface area (Å²) in [6.45, 7) is 4.38. The predicted molar refractivity (Wildman–Crippen MR) is 98.2 cm³/mol. The van der Waals surface area contributed by atoms with Crippen molar-refractivity contribution in [3.05, 3.63) is 65.7 Å². The third-order valence-electron chi connectivity index (χ3n) is 3.93. The Balaban J connectivity index is 2.20. The van der Waals surface area contributed by atoms with Gasteiger partial charge in [0, 0.05) is 25.3 Å². The smallest absolute Gasteiger partial charge is 0.316 e. The first-order chi connectivity index (χ1) is 12.1. The Kier molecular flexibility index (Phi) is 6.71. The molecule has 0 saturated carbocycles. The van der Waals surface area contributed by atoms with Crippen LogP contribution in [0.15, 0.2) is 54.6 Å². The summed E-state index contributed by atoms with van der Waals surface area (Å²) in [6.07, 6.45) is 0. The van der Waals surface area contributed by atoms with E-state index in [2.05, 4.69) is 0 Å². The fourth-order valence-corrected chi connectivity index (χ4v) is 2.67. The SMILES string of the molecule is CCN(C(=O)C(=O)N(CCO)Cc1ccccc1)c1cccc(C)c1. The van der Waals surface area contributed by atoms with Gasteiger partial charge >= 0.3 is 11.8 Å². The molecule has 0 aromatic heterocycles. The summed E-state index contributed by atoms with van der Waals surface area (Å²) in [7, 11) is 0. The first-order valence-corrected chi connectivity index (χ1v) is 8.39. The van der Waals surface area contributed by atoms with Crippen molar-refractivity contribution in [1.82, 2.24) is 4.90 Å². The Bertz CT molecular complexity index is 716. The van der Waals surface area contributed by atoms with Crippen LogP contribution < -0.4 is 4.90 Å². The molecule has 0 bridgehead atoms. The molecule has 1 N–H and O–H groups in total. The van der Waals surface area contributed by atoms with Gasteiger partial charge < -0.3 is 14.9 Å². The van der Waals surface area contributed by atoms with Crippen LogP contribution in [0.5, 0.6) is 0 Å². The zero-order valence-electron chi connectivity index (χ0n) is 14.7. The lowest BCUT2D eigenvalue weighted by atomic mass is 10.2. The van der Waals surface area contributed by atoms with Crippen LogP contribution in [0, 0.1) is 6.92 Å². The molecular weight excluding hydrogens is 316 g/mol. The highest BCUT2D eigenvalue weighted by Crippen LogP contribution is 2.17. The summed E-state index contributed by atoms with van der Waals surface area (Å²) in [5.41, 5.74) is 2.63. The fraction of sp³-hybridized carbons (Fsp3) is 0.300. The number of aliphatic hydroxyl groups is 1. The van der Waals surface area contributed by atoms with Crippen LogP contribution >= 0.6 is 0 Å². The van der Waals surface area contributed by atoms with Crippen molar-refractivity contribution < 1.29 is 14.7 Å². The van der Waals surface area contributed by atoms with Crippen LogP contribution in [0.4, 0.5) is 5.69 Å². The zero-order valence-corrected chi connectivity index (χ0v) is 14.7. The van der Waals surface area contributed by atoms with Gasteiger partial charge in [0.15, 0.2) is 0 Å². The van der Waals surface area contributed by atoms with Crippen LogP contribution in [0.3, 0.4) is 0 Å². The van der Waals surface area contributed by atoms with Crippen LogP contribution in [0.2, 0.25) is 0 Å². The number of rotatable bonds is 6. The lowest BCUT2D eigenvalue weighted by Crippen LogP contribution is -2.46. The average molecular weight is 340 g/mol. The number of hydrogen-bond acceptors (Lipinski definition) is 3. The second-order valence-electron chi connectivity index (χ2n) is 5.82. The third kappa shape index (κ3) is 4.90. The van der Waals surface area contributed by atoms with E-state index in [4.69, 9.17) is 0 Å². The van der Waals surface area contributed by atoms with Crippen molar-refractivity contribution in [2.24, 2.45) is 0 Å². The van der Waals surface area contributed by atoms with E-state index in [1.165, 1.54) is 9.80 Å². The van der Waals surface area contributed by atoms with Gasteiger partial charge in [-0.15, -0.1) is 0 Å². The molecule has 0 heterocycles. The molecular formula is C20H24N2O3.